The fraction of sp³-hybridized carbons (Fsp3) is 0.276. The average molecular weight is 900 g/mol. The van der Waals surface area contributed by atoms with E-state index in [9.17, 15) is 0 Å². The monoisotopic (exact) mass is 899 g/mol. The molecular weight excluding hydrogens is 839 g/mol. The molecule has 3 aliphatic rings. The molecule has 3 aromatic heterocycles. The normalized spacial score (nSPS) is 14.0. The van der Waals surface area contributed by atoms with Gasteiger partial charge in [-0.25, -0.2) is 0 Å². The van der Waals surface area contributed by atoms with Gasteiger partial charge in [0.15, 0.2) is 8.24 Å². The first-order valence-corrected chi connectivity index (χ1v) is 34.2. The average Bonchev–Trinajstić information content (AvgIpc) is 4.10. The Morgan fingerprint density at radius 1 is 0.477 bits per heavy atom. The number of aromatic nitrogens is 3. The molecule has 4 nitrogen and oxygen atoms in total. The summed E-state index contributed by atoms with van der Waals surface area (Å²) in [7, 11) is -3.66. The van der Waals surface area contributed by atoms with Crippen molar-refractivity contribution in [3.8, 4) is 39.5 Å². The number of nitrogens with zero attached hydrogens (tertiary/aromatic N) is 3. The van der Waals surface area contributed by atoms with Crippen molar-refractivity contribution < 1.29 is 4.74 Å². The third-order valence-corrected chi connectivity index (χ3v) is 22.1. The smallest absolute Gasteiger partial charge is 0.153 e. The molecule has 65 heavy (non-hydrogen) atoms. The largest absolute Gasteiger partial charge is 0.497 e. The van der Waals surface area contributed by atoms with Gasteiger partial charge in [0.1, 0.15) is 5.75 Å². The Kier molecular flexibility index (Phi) is 9.08. The maximum absolute atomic E-state index is 5.77. The minimum absolute atomic E-state index is 0.943. The first-order valence-electron chi connectivity index (χ1n) is 23.9. The standard InChI is InChI=1S/C58H61N3OSi3/c1-37-24-26-54-48(28-37)50-29-38-16-10-11-19-42(38)56(50)60(54)36-65(8,9)33-39-17-14-21-44-46(39)31-51-43-20-12-13-23-53(43)59(57(44)51)35-64(6,7)34-40-18-15-22-45-47(40)32-52-49-30-41(62-2)25-27-55(49)61(58(45)52)63(3,4)5/h10-28,30H,29,31-36H2,1-9H3. The number of ether oxygens (including phenoxy) is 1. The van der Waals surface area contributed by atoms with Gasteiger partial charge in [-0.2, -0.15) is 0 Å². The van der Waals surface area contributed by atoms with Crippen LogP contribution in [0.15, 0.2) is 121 Å². The predicted octanol–water partition coefficient (Wildman–Crippen LogP) is 14.3. The van der Waals surface area contributed by atoms with Crippen LogP contribution in [-0.2, 0) is 43.7 Å². The van der Waals surface area contributed by atoms with Crippen LogP contribution >= 0.6 is 0 Å². The number of para-hydroxylation sites is 1. The summed E-state index contributed by atoms with van der Waals surface area (Å²) in [5, 5.41) is 4.25. The van der Waals surface area contributed by atoms with Crippen molar-refractivity contribution in [2.24, 2.45) is 0 Å². The third kappa shape index (κ3) is 6.40. The lowest BCUT2D eigenvalue weighted by Crippen LogP contribution is -2.36. The molecule has 0 N–H and O–H groups in total. The van der Waals surface area contributed by atoms with Gasteiger partial charge < -0.3 is 18.1 Å². The van der Waals surface area contributed by atoms with E-state index in [0.717, 1.165) is 43.4 Å². The summed E-state index contributed by atoms with van der Waals surface area (Å²) in [4.78, 5) is 0. The first-order chi connectivity index (χ1) is 31.2. The lowest BCUT2D eigenvalue weighted by Gasteiger charge is -2.28. The van der Waals surface area contributed by atoms with E-state index in [0.29, 0.717) is 0 Å². The molecule has 0 saturated carbocycles. The molecular formula is C58H61N3OSi3. The third-order valence-electron chi connectivity index (χ3n) is 15.3. The van der Waals surface area contributed by atoms with E-state index in [-0.39, 0.29) is 0 Å². The van der Waals surface area contributed by atoms with E-state index in [1.165, 1.54) is 100 Å². The zero-order chi connectivity index (χ0) is 44.7. The summed E-state index contributed by atoms with van der Waals surface area (Å²) in [5.41, 5.74) is 26.6. The van der Waals surface area contributed by atoms with Crippen LogP contribution in [0.2, 0.25) is 45.8 Å². The molecule has 0 fully saturated rings. The highest BCUT2D eigenvalue weighted by Crippen LogP contribution is 2.49. The molecule has 0 atom stereocenters. The zero-order valence-electron chi connectivity index (χ0n) is 39.7. The highest BCUT2D eigenvalue weighted by atomic mass is 28.3. The number of rotatable bonds is 10. The Morgan fingerprint density at radius 2 is 1.02 bits per heavy atom. The molecule has 326 valence electrons. The minimum atomic E-state index is -1.87. The van der Waals surface area contributed by atoms with Gasteiger partial charge in [0, 0.05) is 86.7 Å². The fourth-order valence-electron chi connectivity index (χ4n) is 12.7. The molecule has 7 heteroatoms. The second kappa shape index (κ2) is 14.4. The minimum Gasteiger partial charge on any atom is -0.497 e. The van der Waals surface area contributed by atoms with Crippen LogP contribution < -0.4 is 4.74 Å². The SMILES string of the molecule is COc1ccc2c(c1)c1c(n2[Si](C)(C)C)-c2cccc(C[Si](C)(C)Cn3c4c(c5ccccc53)Cc3c(C[Si](C)(C)Cn5c6c(c7cc(C)ccc75)Cc5ccccc5-6)cccc3-4)c2C1. The van der Waals surface area contributed by atoms with Crippen LogP contribution in [0.3, 0.4) is 0 Å². The van der Waals surface area contributed by atoms with Crippen LogP contribution in [0.25, 0.3) is 66.5 Å². The van der Waals surface area contributed by atoms with Gasteiger partial charge in [0.2, 0.25) is 0 Å². The Balaban J connectivity index is 0.879. The molecule has 0 bridgehead atoms. The van der Waals surface area contributed by atoms with E-state index in [4.69, 9.17) is 4.74 Å². The van der Waals surface area contributed by atoms with Crippen LogP contribution in [-0.4, -0.2) is 44.9 Å². The highest BCUT2D eigenvalue weighted by Gasteiger charge is 2.37. The lowest BCUT2D eigenvalue weighted by atomic mass is 10.0. The van der Waals surface area contributed by atoms with E-state index in [1.54, 1.807) is 29.4 Å². The van der Waals surface area contributed by atoms with Gasteiger partial charge in [0.05, 0.1) is 34.6 Å². The summed E-state index contributed by atoms with van der Waals surface area (Å²) in [5.74, 6) is 0.943. The quantitative estimate of drug-likeness (QED) is 0.126. The molecule has 9 aromatic rings. The topological polar surface area (TPSA) is 24.0 Å². The molecule has 0 spiro atoms. The Hall–Kier alpha value is -5.61. The van der Waals surface area contributed by atoms with Crippen LogP contribution in [0.5, 0.6) is 5.75 Å². The number of methoxy groups -OCH3 is 1. The number of hydrogen-bond acceptors (Lipinski definition) is 1. The first kappa shape index (κ1) is 40.9. The van der Waals surface area contributed by atoms with Gasteiger partial charge in [-0.1, -0.05) is 136 Å². The van der Waals surface area contributed by atoms with Crippen LogP contribution in [0, 0.1) is 6.92 Å². The van der Waals surface area contributed by atoms with Crippen LogP contribution in [0.1, 0.15) is 50.1 Å². The van der Waals surface area contributed by atoms with Crippen molar-refractivity contribution in [2.45, 2.75) is 96.4 Å². The van der Waals surface area contributed by atoms with E-state index in [2.05, 4.69) is 187 Å². The van der Waals surface area contributed by atoms with E-state index >= 15 is 0 Å². The number of aryl methyl sites for hydroxylation is 1. The Morgan fingerprint density at radius 3 is 1.69 bits per heavy atom. The predicted molar refractivity (Wildman–Crippen MR) is 283 cm³/mol. The molecule has 0 unspecified atom stereocenters. The molecule has 6 aromatic carbocycles. The van der Waals surface area contributed by atoms with Gasteiger partial charge in [-0.15, -0.1) is 0 Å². The molecule has 0 saturated heterocycles. The number of hydrogen-bond donors (Lipinski definition) is 0. The number of benzene rings is 6. The second-order valence-corrected chi connectivity index (χ2v) is 37.1. The van der Waals surface area contributed by atoms with Gasteiger partial charge in [-0.3, -0.25) is 0 Å². The molecule has 0 radical (unpaired) electrons. The number of fused-ring (bicyclic) bond motifs is 15. The maximum Gasteiger partial charge on any atom is 0.153 e. The summed E-state index contributed by atoms with van der Waals surface area (Å²) in [6.07, 6.45) is 5.27. The van der Waals surface area contributed by atoms with Crippen molar-refractivity contribution in [1.82, 2.24) is 13.4 Å². The molecule has 3 heterocycles. The Labute approximate surface area is 387 Å². The maximum atomic E-state index is 5.77. The summed E-state index contributed by atoms with van der Waals surface area (Å²) >= 11 is 0. The fourth-order valence-corrected chi connectivity index (χ4v) is 19.9. The lowest BCUT2D eigenvalue weighted by molar-refractivity contribution is 0.415. The second-order valence-electron chi connectivity index (χ2n) is 22.3. The Bertz CT molecular complexity index is 3460. The van der Waals surface area contributed by atoms with Gasteiger partial charge >= 0.3 is 0 Å². The van der Waals surface area contributed by atoms with Gasteiger partial charge in [0.25, 0.3) is 0 Å². The van der Waals surface area contributed by atoms with Crippen molar-refractivity contribution in [1.29, 1.82) is 0 Å². The molecule has 3 aliphatic carbocycles. The van der Waals surface area contributed by atoms with Crippen molar-refractivity contribution in [3.05, 3.63) is 171 Å². The molecule has 0 aliphatic heterocycles. The summed E-state index contributed by atoms with van der Waals surface area (Å²) < 4.78 is 14.0. The van der Waals surface area contributed by atoms with Crippen molar-refractivity contribution >= 4 is 57.1 Å². The van der Waals surface area contributed by atoms with Crippen molar-refractivity contribution in [3.63, 3.8) is 0 Å². The van der Waals surface area contributed by atoms with E-state index < -0.39 is 24.4 Å². The zero-order valence-corrected chi connectivity index (χ0v) is 42.7. The molecule has 12 rings (SSSR count). The van der Waals surface area contributed by atoms with Gasteiger partial charge in [-0.05, 0) is 99.9 Å². The molecule has 0 amide bonds. The summed E-state index contributed by atoms with van der Waals surface area (Å²) in [6.45, 7) is 20.2. The highest BCUT2D eigenvalue weighted by molar-refractivity contribution is 6.77. The van der Waals surface area contributed by atoms with Crippen molar-refractivity contribution in [2.75, 3.05) is 7.11 Å². The van der Waals surface area contributed by atoms with E-state index in [1.807, 2.05) is 0 Å². The summed E-state index contributed by atoms with van der Waals surface area (Å²) in [6, 6.07) is 49.1. The van der Waals surface area contributed by atoms with Crippen LogP contribution in [0.4, 0.5) is 0 Å².